The molecule has 2 fully saturated rings. The number of hydrogen-bond acceptors (Lipinski definition) is 3. The second-order valence-corrected chi connectivity index (χ2v) is 6.11. The maximum absolute atomic E-state index is 14.0. The van der Waals surface area contributed by atoms with E-state index in [0.29, 0.717) is 16.9 Å². The Balaban J connectivity index is 1.68. The highest BCUT2D eigenvalue weighted by atomic mass is 19.1. The molecule has 1 saturated heterocycles. The Bertz CT molecular complexity index is 501. The zero-order chi connectivity index (χ0) is 14.2. The molecule has 2 aliphatic rings. The third-order valence-electron chi connectivity index (χ3n) is 4.90. The van der Waals surface area contributed by atoms with Gasteiger partial charge in [-0.15, -0.1) is 0 Å². The number of carbonyl (C=O) groups excluding carboxylic acids is 1. The summed E-state index contributed by atoms with van der Waals surface area (Å²) in [6.07, 6.45) is 5.22. The Morgan fingerprint density at radius 2 is 2.05 bits per heavy atom. The molecule has 0 bridgehead atoms. The number of methoxy groups -OCH3 is 1. The van der Waals surface area contributed by atoms with Crippen molar-refractivity contribution in [3.8, 4) is 5.75 Å². The summed E-state index contributed by atoms with van der Waals surface area (Å²) in [5.74, 6) is 0.752. The fraction of sp³-hybridized carbons (Fsp3) is 0.562. The topological polar surface area (TPSA) is 29.5 Å². The lowest BCUT2D eigenvalue weighted by Crippen LogP contribution is -2.47. The fourth-order valence-corrected chi connectivity index (χ4v) is 3.64. The highest BCUT2D eigenvalue weighted by Gasteiger charge is 2.45. The fourth-order valence-electron chi connectivity index (χ4n) is 3.64. The van der Waals surface area contributed by atoms with Crippen LogP contribution in [0.5, 0.6) is 5.75 Å². The Kier molecular flexibility index (Phi) is 3.40. The Morgan fingerprint density at radius 3 is 2.65 bits per heavy atom. The van der Waals surface area contributed by atoms with Gasteiger partial charge in [0.05, 0.1) is 12.8 Å². The van der Waals surface area contributed by atoms with Crippen LogP contribution in [0.25, 0.3) is 0 Å². The van der Waals surface area contributed by atoms with Crippen molar-refractivity contribution in [2.45, 2.75) is 25.7 Å². The van der Waals surface area contributed by atoms with Gasteiger partial charge in [0.15, 0.2) is 0 Å². The molecule has 0 unspecified atom stereocenters. The summed E-state index contributed by atoms with van der Waals surface area (Å²) in [6.45, 7) is 1.71. The molecule has 1 aromatic carbocycles. The summed E-state index contributed by atoms with van der Waals surface area (Å²) in [7, 11) is 1.59. The lowest BCUT2D eigenvalue weighted by atomic mass is 9.58. The number of nitrogens with zero attached hydrogens (tertiary/aromatic N) is 1. The van der Waals surface area contributed by atoms with Crippen molar-refractivity contribution >= 4 is 12.0 Å². The van der Waals surface area contributed by atoms with Crippen molar-refractivity contribution < 1.29 is 13.9 Å². The van der Waals surface area contributed by atoms with Crippen LogP contribution < -0.4 is 9.64 Å². The third kappa shape index (κ3) is 2.28. The van der Waals surface area contributed by atoms with Gasteiger partial charge in [-0.25, -0.2) is 4.39 Å². The Morgan fingerprint density at radius 1 is 1.35 bits per heavy atom. The molecule has 0 aromatic heterocycles. The first-order chi connectivity index (χ1) is 9.65. The van der Waals surface area contributed by atoms with Crippen LogP contribution in [0.4, 0.5) is 10.1 Å². The van der Waals surface area contributed by atoms with Gasteiger partial charge in [0.1, 0.15) is 17.9 Å². The third-order valence-corrected chi connectivity index (χ3v) is 4.90. The molecule has 108 valence electrons. The number of halogens is 1. The number of aldehydes is 1. The van der Waals surface area contributed by atoms with E-state index in [4.69, 9.17) is 4.74 Å². The van der Waals surface area contributed by atoms with Crippen molar-refractivity contribution in [2.75, 3.05) is 25.1 Å². The van der Waals surface area contributed by atoms with Crippen molar-refractivity contribution in [1.82, 2.24) is 0 Å². The molecule has 0 amide bonds. The van der Waals surface area contributed by atoms with Crippen LogP contribution in [-0.2, 0) is 4.79 Å². The quantitative estimate of drug-likeness (QED) is 0.795. The number of hydrogen-bond donors (Lipinski definition) is 0. The van der Waals surface area contributed by atoms with Crippen molar-refractivity contribution in [1.29, 1.82) is 0 Å². The van der Waals surface area contributed by atoms with Gasteiger partial charge < -0.3 is 14.4 Å². The van der Waals surface area contributed by atoms with E-state index >= 15 is 0 Å². The molecule has 0 atom stereocenters. The number of ether oxygens (including phenoxy) is 1. The van der Waals surface area contributed by atoms with Gasteiger partial charge >= 0.3 is 0 Å². The molecule has 1 aromatic rings. The summed E-state index contributed by atoms with van der Waals surface area (Å²) in [4.78, 5) is 12.8. The average Bonchev–Trinajstić information content (AvgIpc) is 2.45. The summed E-state index contributed by atoms with van der Waals surface area (Å²) in [6, 6.07) is 4.87. The molecule has 3 rings (SSSR count). The monoisotopic (exact) mass is 277 g/mol. The van der Waals surface area contributed by atoms with Crippen LogP contribution in [0.15, 0.2) is 18.2 Å². The minimum Gasteiger partial charge on any atom is -0.497 e. The number of piperidine rings is 1. The number of anilines is 1. The SMILES string of the molecule is COc1ccc(F)c(N2CCC3(CC2)CC(C=O)C3)c1. The van der Waals surface area contributed by atoms with Crippen LogP contribution >= 0.6 is 0 Å². The normalized spacial score (nSPS) is 21.6. The molecule has 0 radical (unpaired) electrons. The van der Waals surface area contributed by atoms with Crippen LogP contribution in [0.2, 0.25) is 0 Å². The van der Waals surface area contributed by atoms with E-state index in [9.17, 15) is 9.18 Å². The zero-order valence-electron chi connectivity index (χ0n) is 11.8. The first-order valence-corrected chi connectivity index (χ1v) is 7.20. The van der Waals surface area contributed by atoms with Gasteiger partial charge in [0.25, 0.3) is 0 Å². The van der Waals surface area contributed by atoms with Crippen LogP contribution in [0.3, 0.4) is 0 Å². The van der Waals surface area contributed by atoms with Gasteiger partial charge in [0, 0.05) is 25.1 Å². The minimum atomic E-state index is -0.193. The molecular weight excluding hydrogens is 257 g/mol. The van der Waals surface area contributed by atoms with E-state index < -0.39 is 0 Å². The summed E-state index contributed by atoms with van der Waals surface area (Å²) in [5.41, 5.74) is 0.975. The number of rotatable bonds is 3. The van der Waals surface area contributed by atoms with Crippen LogP contribution in [0, 0.1) is 17.2 Å². The highest BCUT2D eigenvalue weighted by Crippen LogP contribution is 2.52. The molecule has 20 heavy (non-hydrogen) atoms. The van der Waals surface area contributed by atoms with E-state index in [1.165, 1.54) is 6.07 Å². The standard InChI is InChI=1S/C16H20FNO2/c1-20-13-2-3-14(17)15(8-13)18-6-4-16(5-7-18)9-12(10-16)11-19/h2-3,8,11-12H,4-7,9-10H2,1H3. The molecule has 3 nitrogen and oxygen atoms in total. The second kappa shape index (κ2) is 5.08. The summed E-state index contributed by atoms with van der Waals surface area (Å²) < 4.78 is 19.1. The zero-order valence-corrected chi connectivity index (χ0v) is 11.8. The maximum Gasteiger partial charge on any atom is 0.146 e. The van der Waals surface area contributed by atoms with Gasteiger partial charge in [-0.1, -0.05) is 0 Å². The highest BCUT2D eigenvalue weighted by molar-refractivity contribution is 5.56. The Labute approximate surface area is 118 Å². The van der Waals surface area contributed by atoms with Crippen molar-refractivity contribution in [3.63, 3.8) is 0 Å². The molecule has 1 aliphatic heterocycles. The smallest absolute Gasteiger partial charge is 0.146 e. The number of benzene rings is 1. The summed E-state index contributed by atoms with van der Waals surface area (Å²) in [5, 5.41) is 0. The number of carbonyl (C=O) groups is 1. The van der Waals surface area contributed by atoms with Crippen molar-refractivity contribution in [2.24, 2.45) is 11.3 Å². The molecule has 1 aliphatic carbocycles. The predicted molar refractivity (Wildman–Crippen MR) is 75.6 cm³/mol. The molecule has 1 heterocycles. The molecule has 1 spiro atoms. The average molecular weight is 277 g/mol. The van der Waals surface area contributed by atoms with E-state index in [1.807, 2.05) is 0 Å². The minimum absolute atomic E-state index is 0.193. The molecule has 1 saturated carbocycles. The van der Waals surface area contributed by atoms with Gasteiger partial charge in [-0.3, -0.25) is 0 Å². The van der Waals surface area contributed by atoms with Gasteiger partial charge in [-0.05, 0) is 43.2 Å². The van der Waals surface area contributed by atoms with E-state index in [2.05, 4.69) is 4.90 Å². The van der Waals surface area contributed by atoms with Gasteiger partial charge in [-0.2, -0.15) is 0 Å². The van der Waals surface area contributed by atoms with Gasteiger partial charge in [0.2, 0.25) is 0 Å². The largest absolute Gasteiger partial charge is 0.497 e. The van der Waals surface area contributed by atoms with Crippen molar-refractivity contribution in [3.05, 3.63) is 24.0 Å². The lowest BCUT2D eigenvalue weighted by Gasteiger charge is -2.51. The first-order valence-electron chi connectivity index (χ1n) is 7.20. The maximum atomic E-state index is 14.0. The molecule has 4 heteroatoms. The van der Waals surface area contributed by atoms with E-state index in [1.54, 1.807) is 19.2 Å². The summed E-state index contributed by atoms with van der Waals surface area (Å²) >= 11 is 0. The first kappa shape index (κ1) is 13.4. The molecular formula is C16H20FNO2. The predicted octanol–water partition coefficient (Wildman–Crippen LogP) is 3.03. The van der Waals surface area contributed by atoms with E-state index in [-0.39, 0.29) is 11.7 Å². The molecule has 0 N–H and O–H groups in total. The second-order valence-electron chi connectivity index (χ2n) is 6.11. The lowest BCUT2D eigenvalue weighted by molar-refractivity contribution is -0.118. The van der Waals surface area contributed by atoms with Crippen LogP contribution in [-0.4, -0.2) is 26.5 Å². The van der Waals surface area contributed by atoms with E-state index in [0.717, 1.165) is 45.1 Å². The Hall–Kier alpha value is -1.58. The van der Waals surface area contributed by atoms with Crippen LogP contribution in [0.1, 0.15) is 25.7 Å².